The van der Waals surface area contributed by atoms with Crippen LogP contribution in [-0.4, -0.2) is 15.8 Å². The maximum Gasteiger partial charge on any atom is 0.0728 e. The smallest absolute Gasteiger partial charge is 0.0728 e. The number of hydrogen-bond donors (Lipinski definition) is 1. The van der Waals surface area contributed by atoms with Crippen molar-refractivity contribution in [3.05, 3.63) is 12.4 Å². The van der Waals surface area contributed by atoms with E-state index in [4.69, 9.17) is 0 Å². The third-order valence-corrected chi connectivity index (χ3v) is 3.55. The molecule has 0 aromatic carbocycles. The summed E-state index contributed by atoms with van der Waals surface area (Å²) in [4.78, 5) is 0. The highest BCUT2D eigenvalue weighted by Gasteiger charge is 2.41. The highest BCUT2D eigenvalue weighted by atomic mass is 15.3. The van der Waals surface area contributed by atoms with Crippen LogP contribution in [0, 0.1) is 11.8 Å². The molecular formula is C12H19N3. The third kappa shape index (κ3) is 2.01. The fraction of sp³-hybridized carbons (Fsp3) is 0.750. The standard InChI is InChI=1S/C12H19N3/c1-2-15-8-11(7-13-15)14-12(9-3-4-9)10-5-6-10/h7-10,12,14H,2-6H2,1H3. The minimum absolute atomic E-state index is 0.736. The van der Waals surface area contributed by atoms with Gasteiger partial charge in [0.15, 0.2) is 0 Å². The van der Waals surface area contributed by atoms with Gasteiger partial charge in [-0.3, -0.25) is 4.68 Å². The van der Waals surface area contributed by atoms with Crippen LogP contribution in [0.5, 0.6) is 0 Å². The Bertz CT molecular complexity index is 324. The van der Waals surface area contributed by atoms with Gasteiger partial charge in [-0.05, 0) is 44.4 Å². The van der Waals surface area contributed by atoms with Crippen LogP contribution in [-0.2, 0) is 6.54 Å². The van der Waals surface area contributed by atoms with E-state index in [0.29, 0.717) is 0 Å². The lowest BCUT2D eigenvalue weighted by atomic mass is 10.1. The van der Waals surface area contributed by atoms with Gasteiger partial charge in [0.05, 0.1) is 11.9 Å². The molecule has 0 aliphatic heterocycles. The highest BCUT2D eigenvalue weighted by molar-refractivity contribution is 5.40. The van der Waals surface area contributed by atoms with Gasteiger partial charge in [-0.15, -0.1) is 0 Å². The number of aryl methyl sites for hydroxylation is 1. The Morgan fingerprint density at radius 1 is 1.40 bits per heavy atom. The molecule has 0 saturated heterocycles. The second-order valence-electron chi connectivity index (χ2n) is 4.93. The van der Waals surface area contributed by atoms with Gasteiger partial charge in [0.2, 0.25) is 0 Å². The first kappa shape index (κ1) is 9.25. The Labute approximate surface area is 90.9 Å². The van der Waals surface area contributed by atoms with Gasteiger partial charge in [0, 0.05) is 18.8 Å². The number of nitrogens with one attached hydrogen (secondary N) is 1. The molecule has 1 N–H and O–H groups in total. The van der Waals surface area contributed by atoms with E-state index in [2.05, 4.69) is 23.5 Å². The molecule has 3 heteroatoms. The van der Waals surface area contributed by atoms with Crippen molar-refractivity contribution < 1.29 is 0 Å². The fourth-order valence-electron chi connectivity index (χ4n) is 2.33. The van der Waals surface area contributed by atoms with E-state index in [1.54, 1.807) is 0 Å². The lowest BCUT2D eigenvalue weighted by Crippen LogP contribution is -2.23. The molecule has 0 radical (unpaired) electrons. The summed E-state index contributed by atoms with van der Waals surface area (Å²) in [6, 6.07) is 0.736. The van der Waals surface area contributed by atoms with Crippen LogP contribution in [0.15, 0.2) is 12.4 Å². The molecule has 1 aromatic heterocycles. The summed E-state index contributed by atoms with van der Waals surface area (Å²) in [5.41, 5.74) is 1.21. The van der Waals surface area contributed by atoms with E-state index in [-0.39, 0.29) is 0 Å². The first-order valence-corrected chi connectivity index (χ1v) is 6.16. The van der Waals surface area contributed by atoms with Crippen LogP contribution in [0.4, 0.5) is 5.69 Å². The average Bonchev–Trinajstić information content (AvgIpc) is 3.14. The Kier molecular flexibility index (Phi) is 2.19. The van der Waals surface area contributed by atoms with Crippen molar-refractivity contribution in [3.63, 3.8) is 0 Å². The Hall–Kier alpha value is -0.990. The summed E-state index contributed by atoms with van der Waals surface area (Å²) < 4.78 is 1.99. The number of anilines is 1. The van der Waals surface area contributed by atoms with Crippen molar-refractivity contribution in [1.29, 1.82) is 0 Å². The summed E-state index contributed by atoms with van der Waals surface area (Å²) in [6.45, 7) is 3.08. The minimum Gasteiger partial charge on any atom is -0.379 e. The fourth-order valence-corrected chi connectivity index (χ4v) is 2.33. The monoisotopic (exact) mass is 205 g/mol. The molecule has 82 valence electrons. The van der Waals surface area contributed by atoms with Crippen molar-refractivity contribution in [2.24, 2.45) is 11.8 Å². The highest BCUT2D eigenvalue weighted by Crippen LogP contribution is 2.45. The minimum atomic E-state index is 0.736. The van der Waals surface area contributed by atoms with Gasteiger partial charge in [0.1, 0.15) is 0 Å². The molecule has 3 nitrogen and oxygen atoms in total. The van der Waals surface area contributed by atoms with Crippen LogP contribution < -0.4 is 5.32 Å². The zero-order chi connectivity index (χ0) is 10.3. The molecular weight excluding hydrogens is 186 g/mol. The summed E-state index contributed by atoms with van der Waals surface area (Å²) in [5, 5.41) is 7.98. The van der Waals surface area contributed by atoms with Crippen molar-refractivity contribution >= 4 is 5.69 Å². The predicted molar refractivity (Wildman–Crippen MR) is 60.8 cm³/mol. The molecule has 1 aromatic rings. The maximum atomic E-state index is 4.30. The van der Waals surface area contributed by atoms with Crippen molar-refractivity contribution in [2.45, 2.75) is 45.2 Å². The molecule has 3 rings (SSSR count). The Balaban J connectivity index is 1.66. The number of aromatic nitrogens is 2. The molecule has 2 aliphatic carbocycles. The van der Waals surface area contributed by atoms with Crippen LogP contribution in [0.25, 0.3) is 0 Å². The van der Waals surface area contributed by atoms with Gasteiger partial charge in [0.25, 0.3) is 0 Å². The molecule has 2 saturated carbocycles. The molecule has 0 unspecified atom stereocenters. The quantitative estimate of drug-likeness (QED) is 0.800. The van der Waals surface area contributed by atoms with E-state index in [1.807, 2.05) is 10.9 Å². The van der Waals surface area contributed by atoms with E-state index >= 15 is 0 Å². The average molecular weight is 205 g/mol. The normalized spacial score (nSPS) is 20.9. The van der Waals surface area contributed by atoms with Gasteiger partial charge >= 0.3 is 0 Å². The van der Waals surface area contributed by atoms with Crippen LogP contribution >= 0.6 is 0 Å². The number of nitrogens with zero attached hydrogens (tertiary/aromatic N) is 2. The van der Waals surface area contributed by atoms with Gasteiger partial charge in [-0.25, -0.2) is 0 Å². The predicted octanol–water partition coefficient (Wildman–Crippen LogP) is 2.50. The van der Waals surface area contributed by atoms with Crippen LogP contribution in [0.3, 0.4) is 0 Å². The second kappa shape index (κ2) is 3.54. The zero-order valence-corrected chi connectivity index (χ0v) is 9.32. The number of hydrogen-bond acceptors (Lipinski definition) is 2. The van der Waals surface area contributed by atoms with Crippen molar-refractivity contribution in [3.8, 4) is 0 Å². The van der Waals surface area contributed by atoms with Gasteiger partial charge in [-0.1, -0.05) is 0 Å². The molecule has 0 spiro atoms. The molecule has 0 bridgehead atoms. The van der Waals surface area contributed by atoms with E-state index < -0.39 is 0 Å². The Morgan fingerprint density at radius 2 is 2.07 bits per heavy atom. The third-order valence-electron chi connectivity index (χ3n) is 3.55. The van der Waals surface area contributed by atoms with Gasteiger partial charge in [-0.2, -0.15) is 5.10 Å². The molecule has 2 fully saturated rings. The SMILES string of the molecule is CCn1cc(NC(C2CC2)C2CC2)cn1. The zero-order valence-electron chi connectivity index (χ0n) is 9.32. The molecule has 1 heterocycles. The number of rotatable bonds is 5. The Morgan fingerprint density at radius 3 is 2.53 bits per heavy atom. The summed E-state index contributed by atoms with van der Waals surface area (Å²) >= 11 is 0. The van der Waals surface area contributed by atoms with Crippen LogP contribution in [0.1, 0.15) is 32.6 Å². The summed E-state index contributed by atoms with van der Waals surface area (Å²) in [5.74, 6) is 1.89. The van der Waals surface area contributed by atoms with E-state index in [9.17, 15) is 0 Å². The van der Waals surface area contributed by atoms with Gasteiger partial charge < -0.3 is 5.32 Å². The van der Waals surface area contributed by atoms with Crippen molar-refractivity contribution in [1.82, 2.24) is 9.78 Å². The molecule has 0 atom stereocenters. The lowest BCUT2D eigenvalue weighted by molar-refractivity contribution is 0.567. The molecule has 0 amide bonds. The van der Waals surface area contributed by atoms with E-state index in [0.717, 1.165) is 24.4 Å². The maximum absolute atomic E-state index is 4.30. The molecule has 15 heavy (non-hydrogen) atoms. The van der Waals surface area contributed by atoms with Crippen molar-refractivity contribution in [2.75, 3.05) is 5.32 Å². The second-order valence-corrected chi connectivity index (χ2v) is 4.93. The summed E-state index contributed by atoms with van der Waals surface area (Å²) in [6.07, 6.45) is 9.79. The largest absolute Gasteiger partial charge is 0.379 e. The topological polar surface area (TPSA) is 29.9 Å². The lowest BCUT2D eigenvalue weighted by Gasteiger charge is -2.17. The van der Waals surface area contributed by atoms with E-state index in [1.165, 1.54) is 31.4 Å². The van der Waals surface area contributed by atoms with Crippen LogP contribution in [0.2, 0.25) is 0 Å². The first-order valence-electron chi connectivity index (χ1n) is 6.16. The molecule has 2 aliphatic rings. The summed E-state index contributed by atoms with van der Waals surface area (Å²) in [7, 11) is 0. The first-order chi connectivity index (χ1) is 7.36.